The number of halogens is 1. The van der Waals surface area contributed by atoms with Crippen LogP contribution < -0.4 is 0 Å². The Morgan fingerprint density at radius 3 is 2.84 bits per heavy atom. The predicted molar refractivity (Wildman–Crippen MR) is 79.2 cm³/mol. The summed E-state index contributed by atoms with van der Waals surface area (Å²) in [6.07, 6.45) is 3.62. The van der Waals surface area contributed by atoms with E-state index in [0.29, 0.717) is 12.1 Å². The minimum absolute atomic E-state index is 0.169. The van der Waals surface area contributed by atoms with E-state index in [1.54, 1.807) is 0 Å². The smallest absolute Gasteiger partial charge is 0.253 e. The van der Waals surface area contributed by atoms with E-state index in [0.717, 1.165) is 29.5 Å². The number of carbonyl (C=O) groups excluding carboxylic acids is 1. The number of benzene rings is 1. The van der Waals surface area contributed by atoms with Crippen LogP contribution in [0.1, 0.15) is 29.6 Å². The molecule has 1 aromatic carbocycles. The molecule has 0 saturated carbocycles. The van der Waals surface area contributed by atoms with Gasteiger partial charge in [0.2, 0.25) is 0 Å². The summed E-state index contributed by atoms with van der Waals surface area (Å²) in [5.74, 6) is 0.169. The molecular formula is C15H19BrN2O. The maximum absolute atomic E-state index is 12.6. The molecule has 2 aliphatic rings. The Kier molecular flexibility index (Phi) is 3.63. The van der Waals surface area contributed by atoms with Crippen molar-refractivity contribution in [3.05, 3.63) is 34.3 Å². The Labute approximate surface area is 122 Å². The lowest BCUT2D eigenvalue weighted by atomic mass is 10.1. The molecule has 0 aliphatic carbocycles. The molecule has 3 rings (SSSR count). The fourth-order valence-electron chi connectivity index (χ4n) is 3.30. The SMILES string of the molecule is CN1C2CCC1CN(C(=O)c1cccc(Br)c1)CC2. The van der Waals surface area contributed by atoms with Crippen molar-refractivity contribution in [2.24, 2.45) is 0 Å². The second-order valence-corrected chi connectivity index (χ2v) is 6.52. The van der Waals surface area contributed by atoms with Gasteiger partial charge in [0.15, 0.2) is 0 Å². The normalized spacial score (nSPS) is 27.4. The number of carbonyl (C=O) groups is 1. The quantitative estimate of drug-likeness (QED) is 0.793. The van der Waals surface area contributed by atoms with Gasteiger partial charge in [0.1, 0.15) is 0 Å². The highest BCUT2D eigenvalue weighted by Crippen LogP contribution is 2.29. The fourth-order valence-corrected chi connectivity index (χ4v) is 3.70. The van der Waals surface area contributed by atoms with E-state index in [9.17, 15) is 4.79 Å². The fraction of sp³-hybridized carbons (Fsp3) is 0.533. The first kappa shape index (κ1) is 13.1. The van der Waals surface area contributed by atoms with E-state index in [4.69, 9.17) is 0 Å². The Morgan fingerprint density at radius 1 is 1.26 bits per heavy atom. The Morgan fingerprint density at radius 2 is 2.05 bits per heavy atom. The summed E-state index contributed by atoms with van der Waals surface area (Å²) < 4.78 is 0.965. The Balaban J connectivity index is 1.77. The first-order valence-corrected chi connectivity index (χ1v) is 7.71. The van der Waals surface area contributed by atoms with Crippen LogP contribution in [0.15, 0.2) is 28.7 Å². The third kappa shape index (κ3) is 2.56. The molecule has 2 fully saturated rings. The third-order valence-electron chi connectivity index (χ3n) is 4.51. The molecule has 2 bridgehead atoms. The highest BCUT2D eigenvalue weighted by Gasteiger charge is 2.36. The molecular weight excluding hydrogens is 304 g/mol. The summed E-state index contributed by atoms with van der Waals surface area (Å²) in [5, 5.41) is 0. The molecule has 0 spiro atoms. The Bertz CT molecular complexity index is 491. The molecule has 0 radical (unpaired) electrons. The molecule has 2 unspecified atom stereocenters. The molecule has 2 aliphatic heterocycles. The molecule has 4 heteroatoms. The number of rotatable bonds is 1. The van der Waals surface area contributed by atoms with Crippen LogP contribution in [-0.2, 0) is 0 Å². The van der Waals surface area contributed by atoms with Crippen molar-refractivity contribution >= 4 is 21.8 Å². The number of hydrogen-bond acceptors (Lipinski definition) is 2. The molecule has 0 N–H and O–H groups in total. The van der Waals surface area contributed by atoms with Crippen LogP contribution in [0, 0.1) is 0 Å². The van der Waals surface area contributed by atoms with Gasteiger partial charge in [0.05, 0.1) is 0 Å². The molecule has 1 aromatic rings. The monoisotopic (exact) mass is 322 g/mol. The van der Waals surface area contributed by atoms with E-state index >= 15 is 0 Å². The van der Waals surface area contributed by atoms with Gasteiger partial charge in [0, 0.05) is 35.2 Å². The predicted octanol–water partition coefficient (Wildman–Crippen LogP) is 2.76. The minimum atomic E-state index is 0.169. The maximum atomic E-state index is 12.6. The van der Waals surface area contributed by atoms with Gasteiger partial charge in [-0.3, -0.25) is 9.69 Å². The first-order chi connectivity index (χ1) is 9.15. The van der Waals surface area contributed by atoms with E-state index in [-0.39, 0.29) is 5.91 Å². The number of likely N-dealkylation sites (N-methyl/N-ethyl adjacent to an activating group) is 1. The lowest BCUT2D eigenvalue weighted by Crippen LogP contribution is -2.39. The number of nitrogens with zero attached hydrogens (tertiary/aromatic N) is 2. The molecule has 2 heterocycles. The van der Waals surface area contributed by atoms with E-state index in [1.165, 1.54) is 12.8 Å². The van der Waals surface area contributed by atoms with Gasteiger partial charge < -0.3 is 4.90 Å². The lowest BCUT2D eigenvalue weighted by Gasteiger charge is -2.26. The van der Waals surface area contributed by atoms with E-state index in [2.05, 4.69) is 27.9 Å². The highest BCUT2D eigenvalue weighted by molar-refractivity contribution is 9.10. The zero-order valence-electron chi connectivity index (χ0n) is 11.2. The maximum Gasteiger partial charge on any atom is 0.253 e. The van der Waals surface area contributed by atoms with Crippen LogP contribution in [0.4, 0.5) is 0 Å². The number of hydrogen-bond donors (Lipinski definition) is 0. The summed E-state index contributed by atoms with van der Waals surface area (Å²) in [6.45, 7) is 1.76. The molecule has 102 valence electrons. The van der Waals surface area contributed by atoms with Crippen LogP contribution >= 0.6 is 15.9 Å². The standard InChI is InChI=1S/C15H19BrN2O/c1-17-13-5-6-14(17)10-18(8-7-13)15(19)11-3-2-4-12(16)9-11/h2-4,9,13-14H,5-8,10H2,1H3. The lowest BCUT2D eigenvalue weighted by molar-refractivity contribution is 0.0740. The van der Waals surface area contributed by atoms with Gasteiger partial charge in [-0.15, -0.1) is 0 Å². The van der Waals surface area contributed by atoms with Crippen LogP contribution in [0.25, 0.3) is 0 Å². The topological polar surface area (TPSA) is 23.6 Å². The van der Waals surface area contributed by atoms with Gasteiger partial charge >= 0.3 is 0 Å². The average molecular weight is 323 g/mol. The molecule has 19 heavy (non-hydrogen) atoms. The third-order valence-corrected chi connectivity index (χ3v) is 5.00. The highest BCUT2D eigenvalue weighted by atomic mass is 79.9. The Hall–Kier alpha value is -0.870. The number of likely N-dealkylation sites (tertiary alicyclic amines) is 1. The van der Waals surface area contributed by atoms with Crippen molar-refractivity contribution in [1.29, 1.82) is 0 Å². The van der Waals surface area contributed by atoms with Crippen molar-refractivity contribution in [2.75, 3.05) is 20.1 Å². The molecule has 2 saturated heterocycles. The van der Waals surface area contributed by atoms with Crippen molar-refractivity contribution in [3.63, 3.8) is 0 Å². The van der Waals surface area contributed by atoms with Gasteiger partial charge in [0.25, 0.3) is 5.91 Å². The zero-order valence-corrected chi connectivity index (χ0v) is 12.8. The summed E-state index contributed by atoms with van der Waals surface area (Å²) in [6, 6.07) is 8.91. The number of fused-ring (bicyclic) bond motifs is 2. The molecule has 2 atom stereocenters. The van der Waals surface area contributed by atoms with Crippen molar-refractivity contribution < 1.29 is 4.79 Å². The van der Waals surface area contributed by atoms with Crippen LogP contribution in [-0.4, -0.2) is 47.9 Å². The van der Waals surface area contributed by atoms with Gasteiger partial charge in [-0.05, 0) is 44.5 Å². The van der Waals surface area contributed by atoms with Crippen LogP contribution in [0.3, 0.4) is 0 Å². The second-order valence-electron chi connectivity index (χ2n) is 5.60. The van der Waals surface area contributed by atoms with Crippen LogP contribution in [0.2, 0.25) is 0 Å². The number of amides is 1. The van der Waals surface area contributed by atoms with Crippen molar-refractivity contribution in [3.8, 4) is 0 Å². The van der Waals surface area contributed by atoms with E-state index < -0.39 is 0 Å². The summed E-state index contributed by atoms with van der Waals surface area (Å²) in [5.41, 5.74) is 0.787. The van der Waals surface area contributed by atoms with Crippen molar-refractivity contribution in [1.82, 2.24) is 9.80 Å². The molecule has 0 aromatic heterocycles. The summed E-state index contributed by atoms with van der Waals surface area (Å²) >= 11 is 3.43. The minimum Gasteiger partial charge on any atom is -0.337 e. The largest absolute Gasteiger partial charge is 0.337 e. The van der Waals surface area contributed by atoms with E-state index in [1.807, 2.05) is 29.2 Å². The second kappa shape index (κ2) is 5.25. The first-order valence-electron chi connectivity index (χ1n) is 6.92. The van der Waals surface area contributed by atoms with Gasteiger partial charge in [-0.1, -0.05) is 22.0 Å². The van der Waals surface area contributed by atoms with Crippen LogP contribution in [0.5, 0.6) is 0 Å². The summed E-state index contributed by atoms with van der Waals surface area (Å²) in [7, 11) is 2.20. The molecule has 1 amide bonds. The molecule has 3 nitrogen and oxygen atoms in total. The average Bonchev–Trinajstić information content (AvgIpc) is 2.62. The van der Waals surface area contributed by atoms with Crippen molar-refractivity contribution in [2.45, 2.75) is 31.3 Å². The van der Waals surface area contributed by atoms with Gasteiger partial charge in [-0.2, -0.15) is 0 Å². The van der Waals surface area contributed by atoms with Gasteiger partial charge in [-0.25, -0.2) is 0 Å². The summed E-state index contributed by atoms with van der Waals surface area (Å²) in [4.78, 5) is 17.1. The zero-order chi connectivity index (χ0) is 13.4.